The fraction of sp³-hybridized carbons (Fsp3) is 0.412. The highest BCUT2D eigenvalue weighted by Crippen LogP contribution is 2.17. The van der Waals surface area contributed by atoms with Crippen molar-refractivity contribution in [3.8, 4) is 11.3 Å². The molecule has 136 valence electrons. The summed E-state index contributed by atoms with van der Waals surface area (Å²) < 4.78 is 12.9. The third kappa shape index (κ3) is 5.52. The summed E-state index contributed by atoms with van der Waals surface area (Å²) in [4.78, 5) is 14.5. The molecule has 8 heteroatoms. The Kier molecular flexibility index (Phi) is 7.36. The van der Waals surface area contributed by atoms with Crippen molar-refractivity contribution in [2.45, 2.75) is 6.42 Å². The first-order valence-electron chi connectivity index (χ1n) is 8.25. The van der Waals surface area contributed by atoms with E-state index in [1.165, 1.54) is 12.1 Å². The Balaban J connectivity index is 0.00000225. The number of carbonyl (C=O) groups excluding carboxylic acids is 1. The third-order valence-corrected chi connectivity index (χ3v) is 4.11. The van der Waals surface area contributed by atoms with Gasteiger partial charge in [-0.2, -0.15) is 5.10 Å². The molecule has 25 heavy (non-hydrogen) atoms. The Morgan fingerprint density at radius 3 is 2.68 bits per heavy atom. The van der Waals surface area contributed by atoms with Gasteiger partial charge in [0.25, 0.3) is 5.91 Å². The van der Waals surface area contributed by atoms with Crippen LogP contribution >= 0.6 is 12.4 Å². The largest absolute Gasteiger partial charge is 0.351 e. The Morgan fingerprint density at radius 2 is 1.96 bits per heavy atom. The molecule has 6 nitrogen and oxygen atoms in total. The van der Waals surface area contributed by atoms with Crippen LogP contribution in [0.4, 0.5) is 4.39 Å². The lowest BCUT2D eigenvalue weighted by Gasteiger charge is -2.26. The van der Waals surface area contributed by atoms with E-state index in [-0.39, 0.29) is 24.1 Å². The molecule has 1 fully saturated rings. The number of amides is 1. The van der Waals surface area contributed by atoms with Gasteiger partial charge in [0, 0.05) is 38.3 Å². The van der Waals surface area contributed by atoms with Crippen molar-refractivity contribution in [1.82, 2.24) is 25.7 Å². The van der Waals surface area contributed by atoms with E-state index in [0.717, 1.165) is 44.7 Å². The molecule has 2 heterocycles. The summed E-state index contributed by atoms with van der Waals surface area (Å²) in [6, 6.07) is 7.71. The molecule has 0 bridgehead atoms. The number of piperazine rings is 1. The number of H-pyrrole nitrogens is 1. The Morgan fingerprint density at radius 1 is 1.24 bits per heavy atom. The van der Waals surface area contributed by atoms with Crippen LogP contribution in [0.15, 0.2) is 30.3 Å². The molecule has 0 saturated carbocycles. The van der Waals surface area contributed by atoms with Gasteiger partial charge in [0.1, 0.15) is 11.5 Å². The Bertz CT molecular complexity index is 670. The molecule has 1 aliphatic rings. The molecule has 1 saturated heterocycles. The van der Waals surface area contributed by atoms with E-state index in [1.54, 1.807) is 18.2 Å². The maximum atomic E-state index is 12.9. The average molecular weight is 368 g/mol. The van der Waals surface area contributed by atoms with Crippen LogP contribution in [0.1, 0.15) is 16.9 Å². The highest BCUT2D eigenvalue weighted by Gasteiger charge is 2.12. The molecule has 1 amide bonds. The van der Waals surface area contributed by atoms with Crippen LogP contribution < -0.4 is 10.6 Å². The van der Waals surface area contributed by atoms with Crippen molar-refractivity contribution in [1.29, 1.82) is 0 Å². The second-order valence-corrected chi connectivity index (χ2v) is 5.87. The molecule has 0 radical (unpaired) electrons. The normalized spacial score (nSPS) is 14.8. The van der Waals surface area contributed by atoms with Gasteiger partial charge < -0.3 is 15.5 Å². The first-order valence-corrected chi connectivity index (χ1v) is 8.25. The fourth-order valence-electron chi connectivity index (χ4n) is 2.74. The van der Waals surface area contributed by atoms with E-state index in [0.29, 0.717) is 17.9 Å². The van der Waals surface area contributed by atoms with E-state index < -0.39 is 0 Å². The van der Waals surface area contributed by atoms with Crippen LogP contribution in [-0.4, -0.2) is 60.3 Å². The van der Waals surface area contributed by atoms with Gasteiger partial charge in [-0.1, -0.05) is 0 Å². The van der Waals surface area contributed by atoms with E-state index in [4.69, 9.17) is 0 Å². The van der Waals surface area contributed by atoms with E-state index in [2.05, 4.69) is 25.7 Å². The zero-order chi connectivity index (χ0) is 16.8. The molecule has 1 aliphatic heterocycles. The molecule has 1 aromatic carbocycles. The number of nitrogens with zero attached hydrogens (tertiary/aromatic N) is 2. The maximum absolute atomic E-state index is 12.9. The molecule has 2 aromatic rings. The highest BCUT2D eigenvalue weighted by atomic mass is 35.5. The number of aromatic amines is 1. The van der Waals surface area contributed by atoms with Crippen molar-refractivity contribution in [3.05, 3.63) is 41.8 Å². The first kappa shape index (κ1) is 19.4. The predicted molar refractivity (Wildman–Crippen MR) is 97.5 cm³/mol. The number of nitrogens with one attached hydrogen (secondary N) is 3. The lowest BCUT2D eigenvalue weighted by Crippen LogP contribution is -2.44. The lowest BCUT2D eigenvalue weighted by molar-refractivity contribution is 0.0946. The smallest absolute Gasteiger partial charge is 0.269 e. The van der Waals surface area contributed by atoms with Crippen molar-refractivity contribution < 1.29 is 9.18 Å². The topological polar surface area (TPSA) is 73.1 Å². The summed E-state index contributed by atoms with van der Waals surface area (Å²) in [6.07, 6.45) is 0.921. The number of aromatic nitrogens is 2. The predicted octanol–water partition coefficient (Wildman–Crippen LogP) is 1.66. The van der Waals surface area contributed by atoms with Gasteiger partial charge in [0.05, 0.1) is 5.69 Å². The van der Waals surface area contributed by atoms with Crippen LogP contribution in [-0.2, 0) is 0 Å². The summed E-state index contributed by atoms with van der Waals surface area (Å²) in [6.45, 7) is 5.82. The summed E-state index contributed by atoms with van der Waals surface area (Å²) in [5.41, 5.74) is 1.81. The van der Waals surface area contributed by atoms with Gasteiger partial charge in [0.2, 0.25) is 0 Å². The van der Waals surface area contributed by atoms with E-state index in [1.807, 2.05) is 0 Å². The molecule has 3 rings (SSSR count). The molecule has 0 atom stereocenters. The number of benzene rings is 1. The minimum absolute atomic E-state index is 0. The summed E-state index contributed by atoms with van der Waals surface area (Å²) >= 11 is 0. The van der Waals surface area contributed by atoms with Crippen LogP contribution in [0.25, 0.3) is 11.3 Å². The van der Waals surface area contributed by atoms with Crippen LogP contribution in [0, 0.1) is 5.82 Å². The third-order valence-electron chi connectivity index (χ3n) is 4.11. The molecule has 0 spiro atoms. The quantitative estimate of drug-likeness (QED) is 0.679. The van der Waals surface area contributed by atoms with Crippen molar-refractivity contribution in [2.24, 2.45) is 0 Å². The van der Waals surface area contributed by atoms with E-state index in [9.17, 15) is 9.18 Å². The molecule has 0 aliphatic carbocycles. The van der Waals surface area contributed by atoms with Gasteiger partial charge >= 0.3 is 0 Å². The highest BCUT2D eigenvalue weighted by molar-refractivity contribution is 5.93. The second-order valence-electron chi connectivity index (χ2n) is 5.87. The average Bonchev–Trinajstić information content (AvgIpc) is 3.10. The second kappa shape index (κ2) is 9.50. The molecular weight excluding hydrogens is 345 g/mol. The minimum atomic E-state index is -0.295. The van der Waals surface area contributed by atoms with Crippen LogP contribution in [0.2, 0.25) is 0 Å². The van der Waals surface area contributed by atoms with Gasteiger partial charge in [-0.25, -0.2) is 4.39 Å². The van der Waals surface area contributed by atoms with E-state index >= 15 is 0 Å². The monoisotopic (exact) mass is 367 g/mol. The van der Waals surface area contributed by atoms with Crippen molar-refractivity contribution >= 4 is 18.3 Å². The molecule has 1 aromatic heterocycles. The Labute approximate surface area is 152 Å². The zero-order valence-corrected chi connectivity index (χ0v) is 14.7. The number of hydrogen-bond donors (Lipinski definition) is 3. The summed E-state index contributed by atoms with van der Waals surface area (Å²) in [5.74, 6) is -0.465. The summed E-state index contributed by atoms with van der Waals surface area (Å²) in [5, 5.41) is 13.1. The number of hydrogen-bond acceptors (Lipinski definition) is 4. The Hall–Kier alpha value is -1.96. The molecule has 3 N–H and O–H groups in total. The van der Waals surface area contributed by atoms with Gasteiger partial charge in [-0.15, -0.1) is 12.4 Å². The van der Waals surface area contributed by atoms with Crippen LogP contribution in [0.5, 0.6) is 0 Å². The minimum Gasteiger partial charge on any atom is -0.351 e. The summed E-state index contributed by atoms with van der Waals surface area (Å²) in [7, 11) is 0. The SMILES string of the molecule is Cl.O=C(NCCCN1CCNCC1)c1cc(-c2ccc(F)cc2)n[nH]1. The van der Waals surface area contributed by atoms with Crippen LogP contribution in [0.3, 0.4) is 0 Å². The maximum Gasteiger partial charge on any atom is 0.269 e. The first-order chi connectivity index (χ1) is 11.7. The lowest BCUT2D eigenvalue weighted by atomic mass is 10.1. The van der Waals surface area contributed by atoms with Gasteiger partial charge in [-0.3, -0.25) is 9.89 Å². The number of halogens is 2. The fourth-order valence-corrected chi connectivity index (χ4v) is 2.74. The van der Waals surface area contributed by atoms with Crippen molar-refractivity contribution in [3.63, 3.8) is 0 Å². The molecular formula is C17H23ClFN5O. The van der Waals surface area contributed by atoms with Crippen molar-refractivity contribution in [2.75, 3.05) is 39.3 Å². The molecule has 0 unspecified atom stereocenters. The van der Waals surface area contributed by atoms with Gasteiger partial charge in [0.15, 0.2) is 0 Å². The number of rotatable bonds is 6. The standard InChI is InChI=1S/C17H22FN5O.ClH/c18-14-4-2-13(3-5-14)15-12-16(22-21-15)17(24)20-6-1-9-23-10-7-19-8-11-23;/h2-5,12,19H,1,6-11H2,(H,20,24)(H,21,22);1H. The number of carbonyl (C=O) groups is 1. The zero-order valence-electron chi connectivity index (χ0n) is 13.9. The van der Waals surface area contributed by atoms with Gasteiger partial charge in [-0.05, 0) is 43.3 Å².